The van der Waals surface area contributed by atoms with Crippen molar-refractivity contribution >= 4 is 23.4 Å². The van der Waals surface area contributed by atoms with Gasteiger partial charge in [0, 0.05) is 22.2 Å². The molecule has 1 unspecified atom stereocenters. The molecule has 0 aliphatic heterocycles. The van der Waals surface area contributed by atoms with E-state index in [0.29, 0.717) is 16.3 Å². The molecular weight excluding hydrogens is 350 g/mol. The molecule has 26 heavy (non-hydrogen) atoms. The van der Waals surface area contributed by atoms with Crippen molar-refractivity contribution in [1.29, 1.82) is 0 Å². The number of H-pyrrole nitrogens is 1. The minimum absolute atomic E-state index is 0.00307. The molecule has 0 spiro atoms. The van der Waals surface area contributed by atoms with Crippen LogP contribution >= 0.6 is 11.6 Å². The van der Waals surface area contributed by atoms with Crippen LogP contribution in [-0.4, -0.2) is 21.8 Å². The molecule has 4 nitrogen and oxygen atoms in total. The van der Waals surface area contributed by atoms with Crippen LogP contribution in [0.1, 0.15) is 56.1 Å². The molecule has 0 bridgehead atoms. The maximum absolute atomic E-state index is 12.7. The van der Waals surface area contributed by atoms with Crippen molar-refractivity contribution in [3.8, 4) is 0 Å². The number of aromatic carboxylic acids is 1. The summed E-state index contributed by atoms with van der Waals surface area (Å²) < 4.78 is 0. The lowest BCUT2D eigenvalue weighted by molar-refractivity contribution is 0.0696. The molecule has 0 saturated carbocycles. The summed E-state index contributed by atoms with van der Waals surface area (Å²) in [7, 11) is 0. The minimum Gasteiger partial charge on any atom is -0.478 e. The van der Waals surface area contributed by atoms with Crippen molar-refractivity contribution in [1.82, 2.24) is 4.98 Å². The van der Waals surface area contributed by atoms with Crippen LogP contribution in [0.25, 0.3) is 0 Å². The van der Waals surface area contributed by atoms with E-state index in [1.807, 2.05) is 19.9 Å². The van der Waals surface area contributed by atoms with Gasteiger partial charge in [-0.2, -0.15) is 0 Å². The van der Waals surface area contributed by atoms with Crippen LogP contribution < -0.4 is 0 Å². The molecule has 1 aromatic heterocycles. The largest absolute Gasteiger partial charge is 0.478 e. The maximum Gasteiger partial charge on any atom is 0.335 e. The van der Waals surface area contributed by atoms with Crippen molar-refractivity contribution in [3.05, 3.63) is 93.3 Å². The Morgan fingerprint density at radius 2 is 1.58 bits per heavy atom. The number of carboxylic acid groups (broad SMARTS) is 1. The first-order valence-electron chi connectivity index (χ1n) is 8.20. The van der Waals surface area contributed by atoms with E-state index in [4.69, 9.17) is 16.7 Å². The Hall–Kier alpha value is -2.85. The molecule has 0 fully saturated rings. The molecule has 3 rings (SSSR count). The molecule has 5 heteroatoms. The second-order valence-corrected chi connectivity index (χ2v) is 6.70. The van der Waals surface area contributed by atoms with E-state index in [-0.39, 0.29) is 17.3 Å². The smallest absolute Gasteiger partial charge is 0.335 e. The van der Waals surface area contributed by atoms with E-state index in [9.17, 15) is 9.59 Å². The van der Waals surface area contributed by atoms with Gasteiger partial charge in [-0.15, -0.1) is 0 Å². The Morgan fingerprint density at radius 1 is 1.00 bits per heavy atom. The Balaban J connectivity index is 1.88. The highest BCUT2D eigenvalue weighted by atomic mass is 35.5. The number of benzene rings is 2. The van der Waals surface area contributed by atoms with Crippen LogP contribution in [0.2, 0.25) is 5.02 Å². The third-order valence-electron chi connectivity index (χ3n) is 4.49. The highest BCUT2D eigenvalue weighted by molar-refractivity contribution is 6.30. The molecule has 1 heterocycles. The average molecular weight is 368 g/mol. The van der Waals surface area contributed by atoms with Crippen molar-refractivity contribution in [3.63, 3.8) is 0 Å². The molecule has 0 aliphatic rings. The van der Waals surface area contributed by atoms with Crippen molar-refractivity contribution in [2.24, 2.45) is 0 Å². The van der Waals surface area contributed by atoms with Crippen LogP contribution in [0.5, 0.6) is 0 Å². The Bertz CT molecular complexity index is 956. The van der Waals surface area contributed by atoms with E-state index in [0.717, 1.165) is 16.8 Å². The molecule has 2 aromatic carbocycles. The predicted molar refractivity (Wildman–Crippen MR) is 101 cm³/mol. The number of halogens is 1. The summed E-state index contributed by atoms with van der Waals surface area (Å²) in [4.78, 5) is 26.9. The summed E-state index contributed by atoms with van der Waals surface area (Å²) in [6.45, 7) is 3.90. The minimum atomic E-state index is -0.948. The number of nitrogens with one attached hydrogen (secondary N) is 1. The van der Waals surface area contributed by atoms with E-state index in [1.165, 1.54) is 0 Å². The fourth-order valence-electron chi connectivity index (χ4n) is 2.89. The molecule has 132 valence electrons. The number of aromatic nitrogens is 1. The quantitative estimate of drug-likeness (QED) is 0.619. The highest BCUT2D eigenvalue weighted by Gasteiger charge is 2.18. The number of ketones is 1. The summed E-state index contributed by atoms with van der Waals surface area (Å²) in [5, 5.41) is 9.59. The number of hydrogen-bond acceptors (Lipinski definition) is 2. The number of aryl methyl sites for hydroxylation is 1. The molecule has 0 aliphatic carbocycles. The van der Waals surface area contributed by atoms with Gasteiger partial charge in [-0.1, -0.05) is 30.7 Å². The molecule has 3 aromatic rings. The van der Waals surface area contributed by atoms with Gasteiger partial charge in [-0.05, 0) is 60.5 Å². The molecule has 0 radical (unpaired) electrons. The molecule has 1 atom stereocenters. The number of aromatic amines is 1. The molecule has 0 saturated heterocycles. The second kappa shape index (κ2) is 7.18. The summed E-state index contributed by atoms with van der Waals surface area (Å²) in [6.07, 6.45) is 0. The number of hydrogen-bond donors (Lipinski definition) is 2. The number of carbonyl (C=O) groups is 2. The van der Waals surface area contributed by atoms with E-state index < -0.39 is 5.97 Å². The third kappa shape index (κ3) is 3.55. The van der Waals surface area contributed by atoms with Crippen LogP contribution in [0.4, 0.5) is 0 Å². The van der Waals surface area contributed by atoms with Gasteiger partial charge in [0.25, 0.3) is 0 Å². The van der Waals surface area contributed by atoms with E-state index in [2.05, 4.69) is 4.98 Å². The summed E-state index contributed by atoms with van der Waals surface area (Å²) >= 11 is 5.88. The standard InChI is InChI=1S/C21H18ClNO3/c1-12-11-18(13(2)14-3-5-16(6-4-14)21(25)26)23-19(12)20(24)15-7-9-17(22)10-8-15/h3-11,13,23H,1-2H3,(H,25,26). The van der Waals surface area contributed by atoms with E-state index >= 15 is 0 Å². The van der Waals surface area contributed by atoms with E-state index in [1.54, 1.807) is 48.5 Å². The Labute approximate surface area is 156 Å². The van der Waals surface area contributed by atoms with Gasteiger partial charge in [0.15, 0.2) is 0 Å². The fourth-order valence-corrected chi connectivity index (χ4v) is 3.02. The first kappa shape index (κ1) is 18.0. The van der Waals surface area contributed by atoms with Crippen molar-refractivity contribution in [2.75, 3.05) is 0 Å². The topological polar surface area (TPSA) is 70.2 Å². The molecular formula is C21H18ClNO3. The van der Waals surface area contributed by atoms with Gasteiger partial charge in [0.05, 0.1) is 11.3 Å². The monoisotopic (exact) mass is 367 g/mol. The van der Waals surface area contributed by atoms with Gasteiger partial charge >= 0.3 is 5.97 Å². The zero-order valence-corrected chi connectivity index (χ0v) is 15.2. The zero-order chi connectivity index (χ0) is 18.8. The second-order valence-electron chi connectivity index (χ2n) is 6.27. The first-order chi connectivity index (χ1) is 12.4. The number of rotatable bonds is 5. The van der Waals surface area contributed by atoms with Crippen LogP contribution in [0.3, 0.4) is 0 Å². The van der Waals surface area contributed by atoms with Crippen LogP contribution in [-0.2, 0) is 0 Å². The van der Waals surface area contributed by atoms with Crippen LogP contribution in [0.15, 0.2) is 54.6 Å². The summed E-state index contributed by atoms with van der Waals surface area (Å²) in [5.41, 5.74) is 4.13. The van der Waals surface area contributed by atoms with Crippen molar-refractivity contribution in [2.45, 2.75) is 19.8 Å². The zero-order valence-electron chi connectivity index (χ0n) is 14.4. The lowest BCUT2D eigenvalue weighted by Gasteiger charge is -2.10. The normalized spacial score (nSPS) is 12.0. The van der Waals surface area contributed by atoms with Gasteiger partial charge in [0.2, 0.25) is 5.78 Å². The summed E-state index contributed by atoms with van der Waals surface area (Å²) in [6, 6.07) is 15.5. The SMILES string of the molecule is Cc1cc(C(C)c2ccc(C(=O)O)cc2)[nH]c1C(=O)c1ccc(Cl)cc1. The fraction of sp³-hybridized carbons (Fsp3) is 0.143. The summed E-state index contributed by atoms with van der Waals surface area (Å²) in [5.74, 6) is -1.03. The Kier molecular flexibility index (Phi) is 4.96. The average Bonchev–Trinajstić information content (AvgIpc) is 3.03. The molecule has 2 N–H and O–H groups in total. The Morgan fingerprint density at radius 3 is 2.15 bits per heavy atom. The number of carbonyl (C=O) groups excluding carboxylic acids is 1. The highest BCUT2D eigenvalue weighted by Crippen LogP contribution is 2.27. The van der Waals surface area contributed by atoms with Gasteiger partial charge in [0.1, 0.15) is 0 Å². The van der Waals surface area contributed by atoms with Crippen molar-refractivity contribution < 1.29 is 14.7 Å². The lowest BCUT2D eigenvalue weighted by Crippen LogP contribution is -2.04. The maximum atomic E-state index is 12.7. The predicted octanol–water partition coefficient (Wildman–Crippen LogP) is 5.06. The third-order valence-corrected chi connectivity index (χ3v) is 4.75. The number of carboxylic acids is 1. The van der Waals surface area contributed by atoms with Gasteiger partial charge < -0.3 is 10.1 Å². The lowest BCUT2D eigenvalue weighted by atomic mass is 9.96. The molecule has 0 amide bonds. The van der Waals surface area contributed by atoms with Crippen LogP contribution in [0, 0.1) is 6.92 Å². The van der Waals surface area contributed by atoms with Gasteiger partial charge in [-0.25, -0.2) is 4.79 Å². The van der Waals surface area contributed by atoms with Gasteiger partial charge in [-0.3, -0.25) is 4.79 Å². The first-order valence-corrected chi connectivity index (χ1v) is 8.57.